The molecule has 9 nitrogen and oxygen atoms in total. The van der Waals surface area contributed by atoms with Crippen molar-refractivity contribution in [3.63, 3.8) is 0 Å². The van der Waals surface area contributed by atoms with Gasteiger partial charge in [0.1, 0.15) is 11.6 Å². The molecule has 228 valence electrons. The molecule has 0 radical (unpaired) electrons. The highest BCUT2D eigenvalue weighted by molar-refractivity contribution is 6.06. The van der Waals surface area contributed by atoms with Crippen molar-refractivity contribution in [2.75, 3.05) is 13.1 Å². The van der Waals surface area contributed by atoms with Crippen molar-refractivity contribution >= 4 is 23.6 Å². The standard InChI is InChI=1S/C31H40F2N4O5/c1-3-10-37(11-4-2)31(42)25-16-19(29(34)40)15-24(30(35)41)28(25)23(14-18-12-20(32)17-21(33)13-18)26(38)9-8-22-6-5-7-27(39)36-22/h12-13,15-17,22-23,26,38H,3-11,14H2,1-2H3,(H2,34,40)(H2,35,41)(H,36,39). The number of hydrogen-bond acceptors (Lipinski definition) is 5. The molecule has 0 bridgehead atoms. The summed E-state index contributed by atoms with van der Waals surface area (Å²) in [5.41, 5.74) is 11.3. The van der Waals surface area contributed by atoms with Gasteiger partial charge >= 0.3 is 0 Å². The average molecular weight is 587 g/mol. The van der Waals surface area contributed by atoms with E-state index in [0.717, 1.165) is 24.6 Å². The van der Waals surface area contributed by atoms with Gasteiger partial charge < -0.3 is 26.8 Å². The lowest BCUT2D eigenvalue weighted by atomic mass is 9.79. The van der Waals surface area contributed by atoms with Crippen LogP contribution in [0.1, 0.15) is 107 Å². The maximum Gasteiger partial charge on any atom is 0.254 e. The number of aliphatic hydroxyl groups is 1. The van der Waals surface area contributed by atoms with Crippen molar-refractivity contribution < 1.29 is 33.1 Å². The summed E-state index contributed by atoms with van der Waals surface area (Å²) in [6, 6.07) is 5.26. The quantitative estimate of drug-likeness (QED) is 0.266. The Morgan fingerprint density at radius 1 is 1.00 bits per heavy atom. The minimum Gasteiger partial charge on any atom is -0.392 e. The van der Waals surface area contributed by atoms with Crippen molar-refractivity contribution in [1.29, 1.82) is 0 Å². The van der Waals surface area contributed by atoms with Crippen LogP contribution in [0.15, 0.2) is 30.3 Å². The van der Waals surface area contributed by atoms with Gasteiger partial charge in [-0.05, 0) is 80.3 Å². The van der Waals surface area contributed by atoms with Crippen molar-refractivity contribution in [2.24, 2.45) is 11.5 Å². The number of carbonyl (C=O) groups is 4. The first-order valence-corrected chi connectivity index (χ1v) is 14.4. The van der Waals surface area contributed by atoms with Crippen LogP contribution >= 0.6 is 0 Å². The molecule has 0 aliphatic carbocycles. The zero-order valence-corrected chi connectivity index (χ0v) is 24.1. The maximum absolute atomic E-state index is 14.2. The summed E-state index contributed by atoms with van der Waals surface area (Å²) < 4.78 is 28.4. The first kappa shape index (κ1) is 32.7. The fourth-order valence-corrected chi connectivity index (χ4v) is 5.68. The van der Waals surface area contributed by atoms with E-state index in [9.17, 15) is 33.1 Å². The Balaban J connectivity index is 2.20. The monoisotopic (exact) mass is 586 g/mol. The van der Waals surface area contributed by atoms with Crippen molar-refractivity contribution in [3.8, 4) is 0 Å². The molecule has 1 fully saturated rings. The van der Waals surface area contributed by atoms with Crippen LogP contribution in [0.3, 0.4) is 0 Å². The van der Waals surface area contributed by atoms with Crippen LogP contribution in [-0.4, -0.2) is 58.9 Å². The summed E-state index contributed by atoms with van der Waals surface area (Å²) in [5.74, 6) is -5.08. The predicted molar refractivity (Wildman–Crippen MR) is 154 cm³/mol. The van der Waals surface area contributed by atoms with E-state index in [1.165, 1.54) is 12.1 Å². The van der Waals surface area contributed by atoms with E-state index in [1.807, 2.05) is 13.8 Å². The first-order chi connectivity index (χ1) is 19.9. The molecule has 1 heterocycles. The van der Waals surface area contributed by atoms with Gasteiger partial charge in [-0.15, -0.1) is 0 Å². The largest absolute Gasteiger partial charge is 0.392 e. The van der Waals surface area contributed by atoms with Gasteiger partial charge in [-0.25, -0.2) is 8.78 Å². The maximum atomic E-state index is 14.2. The van der Waals surface area contributed by atoms with Gasteiger partial charge in [-0.2, -0.15) is 0 Å². The number of piperidine rings is 1. The number of amides is 4. The normalized spacial score (nSPS) is 16.4. The fraction of sp³-hybridized carbons (Fsp3) is 0.484. The van der Waals surface area contributed by atoms with Gasteiger partial charge in [0.05, 0.1) is 6.10 Å². The molecule has 3 atom stereocenters. The number of carbonyl (C=O) groups excluding carboxylic acids is 4. The third kappa shape index (κ3) is 8.34. The Morgan fingerprint density at radius 3 is 2.17 bits per heavy atom. The van der Waals surface area contributed by atoms with Gasteiger partial charge in [-0.3, -0.25) is 19.2 Å². The van der Waals surface area contributed by atoms with E-state index in [4.69, 9.17) is 11.5 Å². The number of nitrogens with zero attached hydrogens (tertiary/aromatic N) is 1. The van der Waals surface area contributed by atoms with Gasteiger partial charge in [0.25, 0.3) is 5.91 Å². The van der Waals surface area contributed by atoms with Crippen LogP contribution in [0.5, 0.6) is 0 Å². The molecule has 3 rings (SSSR count). The van der Waals surface area contributed by atoms with Gasteiger partial charge in [0.2, 0.25) is 17.7 Å². The lowest BCUT2D eigenvalue weighted by molar-refractivity contribution is -0.123. The summed E-state index contributed by atoms with van der Waals surface area (Å²) in [6.07, 6.45) is 2.32. The summed E-state index contributed by atoms with van der Waals surface area (Å²) in [6.45, 7) is 4.59. The van der Waals surface area contributed by atoms with E-state index >= 15 is 0 Å². The summed E-state index contributed by atoms with van der Waals surface area (Å²) in [5, 5.41) is 14.5. The second-order valence-electron chi connectivity index (χ2n) is 10.9. The Bertz CT molecular complexity index is 1290. The second-order valence-corrected chi connectivity index (χ2v) is 10.9. The molecule has 6 N–H and O–H groups in total. The summed E-state index contributed by atoms with van der Waals surface area (Å²) in [7, 11) is 0. The van der Waals surface area contributed by atoms with Gasteiger partial charge in [-0.1, -0.05) is 13.8 Å². The SMILES string of the molecule is CCCN(CCC)C(=O)c1cc(C(N)=O)cc(C(N)=O)c1C(Cc1cc(F)cc(F)c1)C(O)CCC1CCCC(=O)N1. The van der Waals surface area contributed by atoms with E-state index in [1.54, 1.807) is 4.90 Å². The molecule has 1 aliphatic heterocycles. The molecular weight excluding hydrogens is 546 g/mol. The third-order valence-corrected chi connectivity index (χ3v) is 7.58. The molecule has 0 spiro atoms. The van der Waals surface area contributed by atoms with Gasteiger partial charge in [0, 0.05) is 54.2 Å². The minimum absolute atomic E-state index is 0.0334. The Labute approximate surface area is 244 Å². The van der Waals surface area contributed by atoms with Crippen LogP contribution in [0.2, 0.25) is 0 Å². The number of hydrogen-bond donors (Lipinski definition) is 4. The molecule has 2 aromatic carbocycles. The van der Waals surface area contributed by atoms with E-state index in [-0.39, 0.29) is 52.6 Å². The van der Waals surface area contributed by atoms with Crippen LogP contribution < -0.4 is 16.8 Å². The Morgan fingerprint density at radius 2 is 1.62 bits per heavy atom. The van der Waals surface area contributed by atoms with E-state index in [0.29, 0.717) is 45.2 Å². The minimum atomic E-state index is -1.22. The number of aliphatic hydroxyl groups excluding tert-OH is 1. The second kappa shape index (κ2) is 14.9. The molecule has 4 amide bonds. The zero-order chi connectivity index (χ0) is 31.0. The highest BCUT2D eigenvalue weighted by Gasteiger charge is 2.33. The van der Waals surface area contributed by atoms with Crippen LogP contribution in [-0.2, 0) is 11.2 Å². The molecule has 3 unspecified atom stereocenters. The van der Waals surface area contributed by atoms with Crippen molar-refractivity contribution in [2.45, 2.75) is 83.3 Å². The topological polar surface area (TPSA) is 156 Å². The average Bonchev–Trinajstić information content (AvgIpc) is 2.93. The van der Waals surface area contributed by atoms with Crippen LogP contribution in [0.25, 0.3) is 0 Å². The number of nitrogens with two attached hydrogens (primary N) is 2. The lowest BCUT2D eigenvalue weighted by Gasteiger charge is -2.31. The fourth-order valence-electron chi connectivity index (χ4n) is 5.68. The first-order valence-electron chi connectivity index (χ1n) is 14.4. The third-order valence-electron chi connectivity index (χ3n) is 7.58. The lowest BCUT2D eigenvalue weighted by Crippen LogP contribution is -2.39. The van der Waals surface area contributed by atoms with Crippen molar-refractivity contribution in [3.05, 3.63) is 69.8 Å². The number of halogens is 2. The number of primary amides is 2. The molecule has 2 aromatic rings. The Hall–Kier alpha value is -3.86. The molecule has 0 saturated carbocycles. The van der Waals surface area contributed by atoms with Crippen LogP contribution in [0.4, 0.5) is 8.78 Å². The number of rotatable bonds is 14. The summed E-state index contributed by atoms with van der Waals surface area (Å²) >= 11 is 0. The highest BCUT2D eigenvalue weighted by atomic mass is 19.1. The van der Waals surface area contributed by atoms with Gasteiger partial charge in [0.15, 0.2) is 0 Å². The number of nitrogens with one attached hydrogen (secondary N) is 1. The van der Waals surface area contributed by atoms with Crippen LogP contribution in [0, 0.1) is 11.6 Å². The molecule has 0 aromatic heterocycles. The smallest absolute Gasteiger partial charge is 0.254 e. The molecule has 1 saturated heterocycles. The molecular formula is C31H40F2N4O5. The van der Waals surface area contributed by atoms with Crippen molar-refractivity contribution in [1.82, 2.24) is 10.2 Å². The molecule has 11 heteroatoms. The molecule has 1 aliphatic rings. The summed E-state index contributed by atoms with van der Waals surface area (Å²) in [4.78, 5) is 52.5. The van der Waals surface area contributed by atoms with E-state index in [2.05, 4.69) is 5.32 Å². The highest BCUT2D eigenvalue weighted by Crippen LogP contribution is 2.35. The molecule has 42 heavy (non-hydrogen) atoms. The Kier molecular flexibility index (Phi) is 11.6. The van der Waals surface area contributed by atoms with E-state index < -0.39 is 41.4 Å². The predicted octanol–water partition coefficient (Wildman–Crippen LogP) is 3.56. The number of benzene rings is 2. The zero-order valence-electron chi connectivity index (χ0n) is 24.1.